The summed E-state index contributed by atoms with van der Waals surface area (Å²) >= 11 is 1.92. The van der Waals surface area contributed by atoms with E-state index in [1.54, 1.807) is 0 Å². The van der Waals surface area contributed by atoms with E-state index in [0.717, 1.165) is 23.6 Å². The van der Waals surface area contributed by atoms with Gasteiger partial charge in [-0.25, -0.2) is 0 Å². The maximum Gasteiger partial charge on any atom is 0.243 e. The van der Waals surface area contributed by atoms with Crippen LogP contribution in [0.1, 0.15) is 19.3 Å². The Hall–Kier alpha value is -1.04. The highest BCUT2D eigenvalue weighted by Crippen LogP contribution is 2.37. The highest BCUT2D eigenvalue weighted by atomic mass is 32.2. The first-order valence-corrected chi connectivity index (χ1v) is 6.94. The van der Waals surface area contributed by atoms with Gasteiger partial charge in [-0.1, -0.05) is 0 Å². The van der Waals surface area contributed by atoms with Gasteiger partial charge in [-0.3, -0.25) is 19.3 Å². The largest absolute Gasteiger partial charge is 0.336 e. The van der Waals surface area contributed by atoms with Crippen LogP contribution in [0.25, 0.3) is 0 Å². The smallest absolute Gasteiger partial charge is 0.243 e. The zero-order chi connectivity index (χ0) is 12.0. The highest BCUT2D eigenvalue weighted by molar-refractivity contribution is 8.00. The summed E-state index contributed by atoms with van der Waals surface area (Å²) < 4.78 is 0. The molecule has 92 valence electrons. The van der Waals surface area contributed by atoms with Gasteiger partial charge in [0.25, 0.3) is 0 Å². The summed E-state index contributed by atoms with van der Waals surface area (Å²) in [5, 5.41) is 0.564. The Bertz CT molecular complexity index is 382. The van der Waals surface area contributed by atoms with E-state index in [-0.39, 0.29) is 37.1 Å². The molecule has 0 saturated carbocycles. The molecule has 0 unspecified atom stereocenters. The van der Waals surface area contributed by atoms with E-state index >= 15 is 0 Å². The van der Waals surface area contributed by atoms with Crippen molar-refractivity contribution < 1.29 is 14.4 Å². The van der Waals surface area contributed by atoms with Gasteiger partial charge in [-0.15, -0.1) is 0 Å². The Labute approximate surface area is 103 Å². The Balaban J connectivity index is 1.64. The van der Waals surface area contributed by atoms with Crippen LogP contribution in [-0.2, 0) is 14.4 Å². The number of thioether (sulfide) groups is 1. The molecule has 0 spiro atoms. The molecule has 3 fully saturated rings. The molecule has 2 bridgehead atoms. The number of carbonyl (C=O) groups is 3. The van der Waals surface area contributed by atoms with Crippen molar-refractivity contribution in [2.24, 2.45) is 0 Å². The SMILES string of the molecule is O=C1CCC(=O)N1CC(=O)N1C[C@H]2C[C@H]1CS2. The van der Waals surface area contributed by atoms with Gasteiger partial charge in [-0.2, -0.15) is 11.8 Å². The summed E-state index contributed by atoms with van der Waals surface area (Å²) in [5.41, 5.74) is 0. The van der Waals surface area contributed by atoms with Gasteiger partial charge in [0, 0.05) is 36.4 Å². The molecule has 5 nitrogen and oxygen atoms in total. The van der Waals surface area contributed by atoms with Crippen LogP contribution in [0.3, 0.4) is 0 Å². The molecule has 0 aromatic rings. The minimum atomic E-state index is -0.206. The van der Waals surface area contributed by atoms with Gasteiger partial charge in [0.05, 0.1) is 0 Å². The van der Waals surface area contributed by atoms with E-state index in [1.165, 1.54) is 0 Å². The molecule has 3 heterocycles. The standard InChI is InChI=1S/C11H14N2O3S/c14-9-1-2-10(15)13(9)5-11(16)12-4-8-3-7(12)6-17-8/h7-8H,1-6H2/t7-,8+/m0/s1. The lowest BCUT2D eigenvalue weighted by molar-refractivity contribution is -0.145. The molecule has 3 aliphatic heterocycles. The predicted octanol–water partition coefficient (Wildman–Crippen LogP) is -0.148. The van der Waals surface area contributed by atoms with Crippen LogP contribution in [0.2, 0.25) is 0 Å². The van der Waals surface area contributed by atoms with E-state index in [2.05, 4.69) is 0 Å². The molecule has 3 amide bonds. The van der Waals surface area contributed by atoms with Gasteiger partial charge in [-0.05, 0) is 6.42 Å². The van der Waals surface area contributed by atoms with Crippen LogP contribution in [0.5, 0.6) is 0 Å². The quantitative estimate of drug-likeness (QED) is 0.643. The van der Waals surface area contributed by atoms with E-state index in [1.807, 2.05) is 16.7 Å². The summed E-state index contributed by atoms with van der Waals surface area (Å²) in [6, 6.07) is 0.324. The lowest BCUT2D eigenvalue weighted by Gasteiger charge is -2.28. The van der Waals surface area contributed by atoms with Crippen molar-refractivity contribution in [2.75, 3.05) is 18.8 Å². The Morgan fingerprint density at radius 1 is 1.29 bits per heavy atom. The molecule has 0 aliphatic carbocycles. The van der Waals surface area contributed by atoms with E-state index < -0.39 is 0 Å². The van der Waals surface area contributed by atoms with Crippen molar-refractivity contribution in [3.8, 4) is 0 Å². The van der Waals surface area contributed by atoms with Crippen molar-refractivity contribution in [1.82, 2.24) is 9.80 Å². The van der Waals surface area contributed by atoms with E-state index in [4.69, 9.17) is 0 Å². The average molecular weight is 254 g/mol. The van der Waals surface area contributed by atoms with Crippen molar-refractivity contribution in [2.45, 2.75) is 30.6 Å². The van der Waals surface area contributed by atoms with Gasteiger partial charge >= 0.3 is 0 Å². The number of likely N-dealkylation sites (tertiary alicyclic amines) is 2. The van der Waals surface area contributed by atoms with Crippen LogP contribution in [-0.4, -0.2) is 57.7 Å². The molecule has 3 rings (SSSR count). The first-order valence-electron chi connectivity index (χ1n) is 5.89. The van der Waals surface area contributed by atoms with Gasteiger partial charge < -0.3 is 4.90 Å². The summed E-state index contributed by atoms with van der Waals surface area (Å²) in [7, 11) is 0. The van der Waals surface area contributed by atoms with Crippen LogP contribution < -0.4 is 0 Å². The molecule has 17 heavy (non-hydrogen) atoms. The van der Waals surface area contributed by atoms with Crippen molar-refractivity contribution in [3.63, 3.8) is 0 Å². The van der Waals surface area contributed by atoms with E-state index in [9.17, 15) is 14.4 Å². The van der Waals surface area contributed by atoms with Crippen LogP contribution in [0.15, 0.2) is 0 Å². The molecule has 6 heteroatoms. The average Bonchev–Trinajstić information content (AvgIpc) is 2.99. The fourth-order valence-electron chi connectivity index (χ4n) is 2.73. The predicted molar refractivity (Wildman–Crippen MR) is 62.3 cm³/mol. The lowest BCUT2D eigenvalue weighted by Crippen LogP contribution is -2.46. The second kappa shape index (κ2) is 4.01. The Kier molecular flexibility index (Phi) is 2.61. The number of hydrogen-bond acceptors (Lipinski definition) is 4. The molecule has 0 radical (unpaired) electrons. The number of amides is 3. The second-order valence-electron chi connectivity index (χ2n) is 4.76. The topological polar surface area (TPSA) is 57.7 Å². The van der Waals surface area contributed by atoms with Crippen molar-refractivity contribution in [1.29, 1.82) is 0 Å². The van der Waals surface area contributed by atoms with Crippen molar-refractivity contribution in [3.05, 3.63) is 0 Å². The first-order chi connectivity index (χ1) is 8.15. The third kappa shape index (κ3) is 1.84. The molecule has 2 atom stereocenters. The molecule has 0 aromatic carbocycles. The zero-order valence-electron chi connectivity index (χ0n) is 9.42. The van der Waals surface area contributed by atoms with Crippen LogP contribution >= 0.6 is 11.8 Å². The van der Waals surface area contributed by atoms with Crippen LogP contribution in [0.4, 0.5) is 0 Å². The minimum absolute atomic E-state index is 0.0500. The summed E-state index contributed by atoms with van der Waals surface area (Å²) in [6.07, 6.45) is 1.58. The monoisotopic (exact) mass is 254 g/mol. The summed E-state index contributed by atoms with van der Waals surface area (Å²) in [4.78, 5) is 37.9. The molecular weight excluding hydrogens is 240 g/mol. The summed E-state index contributed by atoms with van der Waals surface area (Å²) in [5.74, 6) is 0.517. The van der Waals surface area contributed by atoms with Crippen LogP contribution in [0, 0.1) is 0 Å². The fraction of sp³-hybridized carbons (Fsp3) is 0.727. The second-order valence-corrected chi connectivity index (χ2v) is 6.10. The molecule has 0 N–H and O–H groups in total. The Morgan fingerprint density at radius 3 is 2.53 bits per heavy atom. The normalized spacial score (nSPS) is 31.8. The highest BCUT2D eigenvalue weighted by Gasteiger charge is 2.42. The van der Waals surface area contributed by atoms with Gasteiger partial charge in [0.1, 0.15) is 6.54 Å². The summed E-state index contributed by atoms with van der Waals surface area (Å²) in [6.45, 7) is 0.732. The number of hydrogen-bond donors (Lipinski definition) is 0. The lowest BCUT2D eigenvalue weighted by atomic mass is 10.2. The molecule has 3 aliphatic rings. The third-order valence-electron chi connectivity index (χ3n) is 3.67. The number of rotatable bonds is 2. The number of imide groups is 1. The molecule has 0 aromatic heterocycles. The fourth-order valence-corrected chi connectivity index (χ4v) is 4.16. The van der Waals surface area contributed by atoms with Crippen molar-refractivity contribution >= 4 is 29.5 Å². The zero-order valence-corrected chi connectivity index (χ0v) is 10.2. The number of carbonyl (C=O) groups excluding carboxylic acids is 3. The minimum Gasteiger partial charge on any atom is -0.336 e. The number of nitrogens with zero attached hydrogens (tertiary/aromatic N) is 2. The molecular formula is C11H14N2O3S. The van der Waals surface area contributed by atoms with Gasteiger partial charge in [0.15, 0.2) is 0 Å². The third-order valence-corrected chi connectivity index (χ3v) is 5.06. The first kappa shape index (κ1) is 11.1. The van der Waals surface area contributed by atoms with Gasteiger partial charge in [0.2, 0.25) is 17.7 Å². The maximum atomic E-state index is 12.1. The van der Waals surface area contributed by atoms with E-state index in [0.29, 0.717) is 11.3 Å². The molecule has 3 saturated heterocycles. The number of fused-ring (bicyclic) bond motifs is 2. The maximum absolute atomic E-state index is 12.1. The Morgan fingerprint density at radius 2 is 2.00 bits per heavy atom.